The summed E-state index contributed by atoms with van der Waals surface area (Å²) in [7, 11) is 1.58. The van der Waals surface area contributed by atoms with Crippen molar-refractivity contribution in [2.45, 2.75) is 6.54 Å². The van der Waals surface area contributed by atoms with Crippen molar-refractivity contribution in [1.29, 1.82) is 0 Å². The Morgan fingerprint density at radius 2 is 2.13 bits per heavy atom. The van der Waals surface area contributed by atoms with E-state index in [0.717, 1.165) is 5.56 Å². The maximum Gasteiger partial charge on any atom is 0.270 e. The Balaban J connectivity index is 1.81. The first-order chi connectivity index (χ1) is 11.2. The first-order valence-electron chi connectivity index (χ1n) is 7.06. The van der Waals surface area contributed by atoms with Gasteiger partial charge in [0, 0.05) is 18.9 Å². The molecule has 0 fully saturated rings. The molecule has 1 aromatic carbocycles. The first-order valence-corrected chi connectivity index (χ1v) is 7.06. The van der Waals surface area contributed by atoms with E-state index in [9.17, 15) is 9.59 Å². The SMILES string of the molecule is COc1cccc(CNC(=O)c2cnc3ccccn3c2=O)c1. The van der Waals surface area contributed by atoms with Crippen LogP contribution in [0.15, 0.2) is 59.7 Å². The molecule has 0 aliphatic heterocycles. The van der Waals surface area contributed by atoms with Crippen LogP contribution in [0, 0.1) is 0 Å². The van der Waals surface area contributed by atoms with Crippen molar-refractivity contribution in [3.05, 3.63) is 76.3 Å². The number of ether oxygens (including phenoxy) is 1. The molecule has 116 valence electrons. The summed E-state index contributed by atoms with van der Waals surface area (Å²) in [5.74, 6) is 0.257. The number of methoxy groups -OCH3 is 1. The summed E-state index contributed by atoms with van der Waals surface area (Å²) < 4.78 is 6.49. The second kappa shape index (κ2) is 6.31. The summed E-state index contributed by atoms with van der Waals surface area (Å²) >= 11 is 0. The number of hydrogen-bond donors (Lipinski definition) is 1. The number of rotatable bonds is 4. The minimum absolute atomic E-state index is 0.0107. The second-order valence-corrected chi connectivity index (χ2v) is 4.94. The summed E-state index contributed by atoms with van der Waals surface area (Å²) in [4.78, 5) is 28.7. The van der Waals surface area contributed by atoms with E-state index < -0.39 is 11.5 Å². The molecule has 2 aromatic heterocycles. The molecule has 3 aromatic rings. The third-order valence-corrected chi connectivity index (χ3v) is 3.45. The van der Waals surface area contributed by atoms with Crippen LogP contribution in [0.25, 0.3) is 5.65 Å². The maximum absolute atomic E-state index is 12.3. The van der Waals surface area contributed by atoms with Gasteiger partial charge in [0.15, 0.2) is 0 Å². The van der Waals surface area contributed by atoms with Crippen LogP contribution >= 0.6 is 0 Å². The standard InChI is InChI=1S/C17H15N3O3/c1-23-13-6-4-5-12(9-13)10-19-16(21)14-11-18-15-7-2-3-8-20(15)17(14)22/h2-9,11H,10H2,1H3,(H,19,21). The van der Waals surface area contributed by atoms with Crippen molar-refractivity contribution in [3.63, 3.8) is 0 Å². The van der Waals surface area contributed by atoms with Crippen LogP contribution in [-0.2, 0) is 6.54 Å². The molecular formula is C17H15N3O3. The van der Waals surface area contributed by atoms with Gasteiger partial charge in [-0.15, -0.1) is 0 Å². The zero-order chi connectivity index (χ0) is 16.2. The lowest BCUT2D eigenvalue weighted by molar-refractivity contribution is 0.0949. The molecule has 0 bridgehead atoms. The third kappa shape index (κ3) is 3.06. The quantitative estimate of drug-likeness (QED) is 0.795. The number of pyridine rings is 1. The summed E-state index contributed by atoms with van der Waals surface area (Å²) in [5, 5.41) is 2.72. The van der Waals surface area contributed by atoms with Crippen LogP contribution in [0.1, 0.15) is 15.9 Å². The molecule has 0 radical (unpaired) electrons. The monoisotopic (exact) mass is 309 g/mol. The van der Waals surface area contributed by atoms with Gasteiger partial charge in [-0.1, -0.05) is 18.2 Å². The van der Waals surface area contributed by atoms with Gasteiger partial charge in [0.1, 0.15) is 17.0 Å². The first kappa shape index (κ1) is 14.8. The second-order valence-electron chi connectivity index (χ2n) is 4.94. The molecule has 23 heavy (non-hydrogen) atoms. The average Bonchev–Trinajstić information content (AvgIpc) is 2.60. The minimum Gasteiger partial charge on any atom is -0.497 e. The number of fused-ring (bicyclic) bond motifs is 1. The van der Waals surface area contributed by atoms with E-state index in [0.29, 0.717) is 17.9 Å². The molecule has 0 aliphatic carbocycles. The van der Waals surface area contributed by atoms with E-state index in [1.54, 1.807) is 31.5 Å². The Kier molecular flexibility index (Phi) is 4.05. The summed E-state index contributed by atoms with van der Waals surface area (Å²) in [6.45, 7) is 0.299. The van der Waals surface area contributed by atoms with Gasteiger partial charge in [0.2, 0.25) is 0 Å². The van der Waals surface area contributed by atoms with Crippen molar-refractivity contribution in [1.82, 2.24) is 14.7 Å². The topological polar surface area (TPSA) is 72.7 Å². The van der Waals surface area contributed by atoms with Gasteiger partial charge in [0.05, 0.1) is 7.11 Å². The van der Waals surface area contributed by atoms with E-state index >= 15 is 0 Å². The van der Waals surface area contributed by atoms with E-state index in [2.05, 4.69) is 10.3 Å². The van der Waals surface area contributed by atoms with Crippen LogP contribution in [0.2, 0.25) is 0 Å². The van der Waals surface area contributed by atoms with Gasteiger partial charge in [-0.2, -0.15) is 0 Å². The van der Waals surface area contributed by atoms with Gasteiger partial charge in [0.25, 0.3) is 11.5 Å². The molecule has 6 heteroatoms. The highest BCUT2D eigenvalue weighted by Crippen LogP contribution is 2.12. The average molecular weight is 309 g/mol. The number of amides is 1. The molecular weight excluding hydrogens is 294 g/mol. The Bertz CT molecular complexity index is 918. The fourth-order valence-electron chi connectivity index (χ4n) is 2.24. The number of aromatic nitrogens is 2. The van der Waals surface area contributed by atoms with Gasteiger partial charge in [-0.25, -0.2) is 4.98 Å². The molecule has 0 saturated carbocycles. The van der Waals surface area contributed by atoms with Gasteiger partial charge < -0.3 is 10.1 Å². The van der Waals surface area contributed by atoms with Gasteiger partial charge in [-0.05, 0) is 29.8 Å². The Hall–Kier alpha value is -3.15. The number of nitrogens with zero attached hydrogens (tertiary/aromatic N) is 2. The number of hydrogen-bond acceptors (Lipinski definition) is 4. The van der Waals surface area contributed by atoms with Crippen molar-refractivity contribution in [3.8, 4) is 5.75 Å². The molecule has 0 aliphatic rings. The summed E-state index contributed by atoms with van der Waals surface area (Å²) in [6, 6.07) is 12.6. The number of carbonyl (C=O) groups is 1. The number of benzene rings is 1. The maximum atomic E-state index is 12.3. The van der Waals surface area contributed by atoms with E-state index in [-0.39, 0.29) is 5.56 Å². The molecule has 0 saturated heterocycles. The highest BCUT2D eigenvalue weighted by atomic mass is 16.5. The normalized spacial score (nSPS) is 10.5. The smallest absolute Gasteiger partial charge is 0.270 e. The number of nitrogens with one attached hydrogen (secondary N) is 1. The Morgan fingerprint density at radius 1 is 1.26 bits per heavy atom. The van der Waals surface area contributed by atoms with Crippen LogP contribution in [0.4, 0.5) is 0 Å². The summed E-state index contributed by atoms with van der Waals surface area (Å²) in [6.07, 6.45) is 2.89. The number of carbonyl (C=O) groups excluding carboxylic acids is 1. The zero-order valence-corrected chi connectivity index (χ0v) is 12.5. The van der Waals surface area contributed by atoms with Crippen LogP contribution in [0.5, 0.6) is 5.75 Å². The lowest BCUT2D eigenvalue weighted by atomic mass is 10.2. The van der Waals surface area contributed by atoms with Crippen LogP contribution in [-0.4, -0.2) is 22.4 Å². The summed E-state index contributed by atoms with van der Waals surface area (Å²) in [5.41, 5.74) is 1.00. The molecule has 1 amide bonds. The molecule has 1 N–H and O–H groups in total. The molecule has 0 spiro atoms. The van der Waals surface area contributed by atoms with E-state index in [1.165, 1.54) is 10.6 Å². The van der Waals surface area contributed by atoms with Crippen LogP contribution < -0.4 is 15.6 Å². The van der Waals surface area contributed by atoms with Gasteiger partial charge >= 0.3 is 0 Å². The van der Waals surface area contributed by atoms with E-state index in [1.807, 2.05) is 24.3 Å². The minimum atomic E-state index is -0.455. The van der Waals surface area contributed by atoms with E-state index in [4.69, 9.17) is 4.74 Å². The van der Waals surface area contributed by atoms with Crippen LogP contribution in [0.3, 0.4) is 0 Å². The van der Waals surface area contributed by atoms with Crippen molar-refractivity contribution >= 4 is 11.6 Å². The fourth-order valence-corrected chi connectivity index (χ4v) is 2.24. The highest BCUT2D eigenvalue weighted by Gasteiger charge is 2.12. The lowest BCUT2D eigenvalue weighted by Crippen LogP contribution is -2.31. The molecule has 6 nitrogen and oxygen atoms in total. The lowest BCUT2D eigenvalue weighted by Gasteiger charge is -2.07. The third-order valence-electron chi connectivity index (χ3n) is 3.45. The largest absolute Gasteiger partial charge is 0.497 e. The zero-order valence-electron chi connectivity index (χ0n) is 12.5. The predicted molar refractivity (Wildman–Crippen MR) is 85.6 cm³/mol. The molecule has 2 heterocycles. The Morgan fingerprint density at radius 3 is 2.96 bits per heavy atom. The molecule has 0 unspecified atom stereocenters. The fraction of sp³-hybridized carbons (Fsp3) is 0.118. The highest BCUT2D eigenvalue weighted by molar-refractivity contribution is 5.93. The predicted octanol–water partition coefficient (Wildman–Crippen LogP) is 1.63. The van der Waals surface area contributed by atoms with Gasteiger partial charge in [-0.3, -0.25) is 14.0 Å². The van der Waals surface area contributed by atoms with Crippen molar-refractivity contribution < 1.29 is 9.53 Å². The molecule has 3 rings (SSSR count). The molecule has 0 atom stereocenters. The van der Waals surface area contributed by atoms with Crippen molar-refractivity contribution in [2.24, 2.45) is 0 Å². The van der Waals surface area contributed by atoms with Crippen molar-refractivity contribution in [2.75, 3.05) is 7.11 Å². The Labute approximate surface area is 132 Å².